The molecule has 2 rings (SSSR count). The van der Waals surface area contributed by atoms with Crippen LogP contribution in [0.2, 0.25) is 0 Å². The van der Waals surface area contributed by atoms with Gasteiger partial charge in [-0.25, -0.2) is 0 Å². The Morgan fingerprint density at radius 3 is 1.41 bits per heavy atom. The molecule has 0 amide bonds. The lowest BCUT2D eigenvalue weighted by Gasteiger charge is -2.28. The van der Waals surface area contributed by atoms with E-state index in [4.69, 9.17) is 12.2 Å². The van der Waals surface area contributed by atoms with E-state index in [0.29, 0.717) is 5.11 Å². The number of aliphatic hydroxyl groups excluding tert-OH is 2. The van der Waals surface area contributed by atoms with Gasteiger partial charge in [-0.15, -0.1) is 0 Å². The molecule has 0 saturated carbocycles. The van der Waals surface area contributed by atoms with Gasteiger partial charge in [0.15, 0.2) is 5.11 Å². The van der Waals surface area contributed by atoms with Crippen LogP contribution in [0.4, 0.5) is 0 Å². The third kappa shape index (κ3) is 8.19. The molecule has 0 aliphatic heterocycles. The Morgan fingerprint density at radius 2 is 1.06 bits per heavy atom. The summed E-state index contributed by atoms with van der Waals surface area (Å²) in [6.45, 7) is 6.23. The fourth-order valence-electron chi connectivity index (χ4n) is 4.06. The minimum atomic E-state index is -0.192. The SMILES string of the molecule is CC(CO)(CCCCNC(=S)NCCCCC(C)(CO)c1ccccc1)c1ccccc1. The zero-order valence-electron chi connectivity index (χ0n) is 19.6. The fraction of sp³-hybridized carbons (Fsp3) is 0.519. The van der Waals surface area contributed by atoms with Gasteiger partial charge in [0.25, 0.3) is 0 Å². The summed E-state index contributed by atoms with van der Waals surface area (Å²) in [4.78, 5) is 0. The van der Waals surface area contributed by atoms with Crippen LogP contribution in [0.25, 0.3) is 0 Å². The molecule has 32 heavy (non-hydrogen) atoms. The predicted molar refractivity (Wildman–Crippen MR) is 138 cm³/mol. The molecular formula is C27H40N2O2S. The summed E-state index contributed by atoms with van der Waals surface area (Å²) in [6.07, 6.45) is 5.97. The number of nitrogens with one attached hydrogen (secondary N) is 2. The van der Waals surface area contributed by atoms with E-state index < -0.39 is 0 Å². The van der Waals surface area contributed by atoms with Crippen molar-refractivity contribution in [1.82, 2.24) is 10.6 Å². The van der Waals surface area contributed by atoms with Gasteiger partial charge in [-0.05, 0) is 49.0 Å². The third-order valence-electron chi connectivity index (χ3n) is 6.52. The van der Waals surface area contributed by atoms with E-state index in [1.54, 1.807) is 0 Å². The zero-order chi connectivity index (χ0) is 23.3. The first-order valence-electron chi connectivity index (χ1n) is 11.8. The van der Waals surface area contributed by atoms with Gasteiger partial charge in [-0.2, -0.15) is 0 Å². The summed E-state index contributed by atoms with van der Waals surface area (Å²) in [7, 11) is 0. The van der Waals surface area contributed by atoms with Crippen LogP contribution in [-0.4, -0.2) is 41.6 Å². The molecule has 2 atom stereocenters. The molecule has 0 spiro atoms. The van der Waals surface area contributed by atoms with E-state index >= 15 is 0 Å². The van der Waals surface area contributed by atoms with E-state index in [9.17, 15) is 10.2 Å². The maximum atomic E-state index is 9.89. The lowest BCUT2D eigenvalue weighted by atomic mass is 9.79. The number of hydrogen-bond donors (Lipinski definition) is 4. The van der Waals surface area contributed by atoms with E-state index in [1.165, 1.54) is 11.1 Å². The highest BCUT2D eigenvalue weighted by Gasteiger charge is 2.25. The van der Waals surface area contributed by atoms with Gasteiger partial charge in [0, 0.05) is 23.9 Å². The second kappa shape index (κ2) is 13.6. The molecular weight excluding hydrogens is 416 g/mol. The van der Waals surface area contributed by atoms with Crippen molar-refractivity contribution >= 4 is 17.3 Å². The Morgan fingerprint density at radius 1 is 0.688 bits per heavy atom. The van der Waals surface area contributed by atoms with Crippen LogP contribution in [0.5, 0.6) is 0 Å². The molecule has 0 heterocycles. The van der Waals surface area contributed by atoms with Gasteiger partial charge in [-0.1, -0.05) is 87.4 Å². The first kappa shape index (κ1) is 26.3. The topological polar surface area (TPSA) is 64.5 Å². The molecule has 0 aliphatic rings. The maximum Gasteiger partial charge on any atom is 0.166 e. The number of hydrogen-bond acceptors (Lipinski definition) is 3. The summed E-state index contributed by atoms with van der Waals surface area (Å²) in [5.41, 5.74) is 2.00. The van der Waals surface area contributed by atoms with Crippen molar-refractivity contribution in [1.29, 1.82) is 0 Å². The van der Waals surface area contributed by atoms with Gasteiger partial charge >= 0.3 is 0 Å². The van der Waals surface area contributed by atoms with Gasteiger partial charge in [0.1, 0.15) is 0 Å². The highest BCUT2D eigenvalue weighted by Crippen LogP contribution is 2.29. The number of benzene rings is 2. The van der Waals surface area contributed by atoms with Gasteiger partial charge in [0.2, 0.25) is 0 Å². The number of aliphatic hydroxyl groups is 2. The van der Waals surface area contributed by atoms with Crippen molar-refractivity contribution in [2.75, 3.05) is 26.3 Å². The molecule has 2 aromatic rings. The first-order valence-corrected chi connectivity index (χ1v) is 12.2. The lowest BCUT2D eigenvalue weighted by molar-refractivity contribution is 0.194. The first-order chi connectivity index (χ1) is 15.4. The fourth-order valence-corrected chi connectivity index (χ4v) is 4.26. The Balaban J connectivity index is 1.58. The Bertz CT molecular complexity index is 721. The molecule has 0 aliphatic carbocycles. The number of rotatable bonds is 14. The summed E-state index contributed by atoms with van der Waals surface area (Å²) >= 11 is 5.40. The number of thiocarbonyl (C=S) groups is 1. The van der Waals surface area contributed by atoms with Crippen LogP contribution in [0.15, 0.2) is 60.7 Å². The van der Waals surface area contributed by atoms with Crippen LogP contribution < -0.4 is 10.6 Å². The van der Waals surface area contributed by atoms with E-state index in [0.717, 1.165) is 51.6 Å². The minimum Gasteiger partial charge on any atom is -0.395 e. The number of unbranched alkanes of at least 4 members (excludes halogenated alkanes) is 2. The van der Waals surface area contributed by atoms with Crippen molar-refractivity contribution in [3.05, 3.63) is 71.8 Å². The van der Waals surface area contributed by atoms with Gasteiger partial charge in [0.05, 0.1) is 13.2 Å². The molecule has 0 aromatic heterocycles. The normalized spacial score (nSPS) is 14.9. The maximum absolute atomic E-state index is 9.89. The molecule has 4 nitrogen and oxygen atoms in total. The van der Waals surface area contributed by atoms with Gasteiger partial charge < -0.3 is 20.8 Å². The smallest absolute Gasteiger partial charge is 0.166 e. The summed E-state index contributed by atoms with van der Waals surface area (Å²) in [5.74, 6) is 0. The lowest BCUT2D eigenvalue weighted by Crippen LogP contribution is -2.36. The average Bonchev–Trinajstić information content (AvgIpc) is 2.84. The van der Waals surface area contributed by atoms with Gasteiger partial charge in [-0.3, -0.25) is 0 Å². The van der Waals surface area contributed by atoms with E-state index in [-0.39, 0.29) is 24.0 Å². The van der Waals surface area contributed by atoms with E-state index in [1.807, 2.05) is 36.4 Å². The van der Waals surface area contributed by atoms with Crippen LogP contribution in [-0.2, 0) is 10.8 Å². The Hall–Kier alpha value is -1.95. The highest BCUT2D eigenvalue weighted by atomic mass is 32.1. The monoisotopic (exact) mass is 456 g/mol. The zero-order valence-corrected chi connectivity index (χ0v) is 20.5. The van der Waals surface area contributed by atoms with Crippen molar-refractivity contribution in [3.63, 3.8) is 0 Å². The molecule has 5 heteroatoms. The second-order valence-corrected chi connectivity index (χ2v) is 9.67. The van der Waals surface area contributed by atoms with Crippen molar-refractivity contribution in [2.24, 2.45) is 0 Å². The minimum absolute atomic E-state index is 0.157. The van der Waals surface area contributed by atoms with Crippen LogP contribution in [0.3, 0.4) is 0 Å². The third-order valence-corrected chi connectivity index (χ3v) is 6.81. The van der Waals surface area contributed by atoms with Crippen LogP contribution in [0.1, 0.15) is 63.5 Å². The molecule has 4 N–H and O–H groups in total. The van der Waals surface area contributed by atoms with Crippen molar-refractivity contribution < 1.29 is 10.2 Å². The largest absolute Gasteiger partial charge is 0.395 e. The van der Waals surface area contributed by atoms with E-state index in [2.05, 4.69) is 48.7 Å². The second-order valence-electron chi connectivity index (χ2n) is 9.27. The molecule has 0 saturated heterocycles. The highest BCUT2D eigenvalue weighted by molar-refractivity contribution is 7.80. The Kier molecular flexibility index (Phi) is 11.1. The molecule has 0 radical (unpaired) electrons. The molecule has 0 fully saturated rings. The predicted octanol–water partition coefficient (Wildman–Crippen LogP) is 4.69. The quantitative estimate of drug-likeness (QED) is 0.245. The molecule has 2 aromatic carbocycles. The van der Waals surface area contributed by atoms with Crippen molar-refractivity contribution in [3.8, 4) is 0 Å². The molecule has 0 bridgehead atoms. The summed E-state index contributed by atoms with van der Waals surface area (Å²) in [6, 6.07) is 20.5. The molecule has 2 unspecified atom stereocenters. The Labute approximate surface area is 199 Å². The summed E-state index contributed by atoms with van der Waals surface area (Å²) in [5, 5.41) is 27.1. The summed E-state index contributed by atoms with van der Waals surface area (Å²) < 4.78 is 0. The molecule has 176 valence electrons. The van der Waals surface area contributed by atoms with Crippen LogP contribution in [0, 0.1) is 0 Å². The average molecular weight is 457 g/mol. The standard InChI is InChI=1S/C27H40N2O2S/c1-26(21-30,23-13-5-3-6-14-23)17-9-11-19-28-25(32)29-20-12-10-18-27(2,22-31)24-15-7-4-8-16-24/h3-8,13-16,30-31H,9-12,17-22H2,1-2H3,(H2,28,29,32). The van der Waals surface area contributed by atoms with Crippen molar-refractivity contribution in [2.45, 2.75) is 63.2 Å². The van der Waals surface area contributed by atoms with Crippen LogP contribution >= 0.6 is 12.2 Å².